The summed E-state index contributed by atoms with van der Waals surface area (Å²) in [4.78, 5) is 14.0. The van der Waals surface area contributed by atoms with E-state index < -0.39 is 10.0 Å². The van der Waals surface area contributed by atoms with Crippen molar-refractivity contribution in [3.05, 3.63) is 0 Å². The number of carbonyl (C=O) groups excluding carboxylic acids is 1. The zero-order chi connectivity index (χ0) is 13.2. The first kappa shape index (κ1) is 16.7. The van der Waals surface area contributed by atoms with Crippen LogP contribution in [0.15, 0.2) is 0 Å². The van der Waals surface area contributed by atoms with Gasteiger partial charge in [0.2, 0.25) is 15.9 Å². The predicted molar refractivity (Wildman–Crippen MR) is 75.9 cm³/mol. The third-order valence-electron chi connectivity index (χ3n) is 3.63. The minimum Gasteiger partial charge on any atom is -0.339 e. The van der Waals surface area contributed by atoms with Crippen molar-refractivity contribution in [3.63, 3.8) is 0 Å². The molecule has 8 heteroatoms. The highest BCUT2D eigenvalue weighted by Gasteiger charge is 2.30. The van der Waals surface area contributed by atoms with Gasteiger partial charge < -0.3 is 10.2 Å². The van der Waals surface area contributed by atoms with E-state index in [-0.39, 0.29) is 24.4 Å². The summed E-state index contributed by atoms with van der Waals surface area (Å²) in [5, 5.41) is 3.23. The van der Waals surface area contributed by atoms with E-state index in [1.54, 1.807) is 4.90 Å². The number of halogens is 1. The molecule has 0 aromatic heterocycles. The lowest BCUT2D eigenvalue weighted by molar-refractivity contribution is -0.135. The minimum atomic E-state index is -3.12. The fraction of sp³-hybridized carbons (Fsp3) is 0.909. The van der Waals surface area contributed by atoms with E-state index in [1.807, 2.05) is 0 Å². The van der Waals surface area contributed by atoms with Crippen molar-refractivity contribution in [2.75, 3.05) is 39.0 Å². The van der Waals surface area contributed by atoms with Gasteiger partial charge in [0.1, 0.15) is 0 Å². The second-order valence-electron chi connectivity index (χ2n) is 4.99. The van der Waals surface area contributed by atoms with Crippen molar-refractivity contribution in [2.45, 2.75) is 25.3 Å². The van der Waals surface area contributed by atoms with Gasteiger partial charge in [0.05, 0.1) is 12.3 Å². The molecule has 0 saturated carbocycles. The molecule has 2 rings (SSSR count). The van der Waals surface area contributed by atoms with E-state index in [2.05, 4.69) is 5.32 Å². The molecule has 0 aliphatic carbocycles. The molecule has 2 aliphatic rings. The largest absolute Gasteiger partial charge is 0.339 e. The Morgan fingerprint density at radius 3 is 2.26 bits per heavy atom. The summed E-state index contributed by atoms with van der Waals surface area (Å²) >= 11 is 0. The number of nitrogens with one attached hydrogen (secondary N) is 1. The number of rotatable bonds is 2. The van der Waals surface area contributed by atoms with E-state index in [0.29, 0.717) is 26.2 Å². The highest BCUT2D eigenvalue weighted by atomic mass is 35.5. The first-order valence-electron chi connectivity index (χ1n) is 6.46. The second kappa shape index (κ2) is 6.88. The van der Waals surface area contributed by atoms with Crippen LogP contribution in [0.4, 0.5) is 0 Å². The third kappa shape index (κ3) is 4.30. The molecular weight excluding hydrogens is 290 g/mol. The summed E-state index contributed by atoms with van der Waals surface area (Å²) in [5.74, 6) is 0.128. The number of nitrogens with zero attached hydrogens (tertiary/aromatic N) is 2. The molecule has 112 valence electrons. The van der Waals surface area contributed by atoms with Gasteiger partial charge in [0, 0.05) is 26.2 Å². The van der Waals surface area contributed by atoms with Crippen molar-refractivity contribution in [2.24, 2.45) is 0 Å². The molecule has 2 fully saturated rings. The molecule has 6 nitrogen and oxygen atoms in total. The number of piperidine rings is 1. The number of amides is 1. The smallest absolute Gasteiger partial charge is 0.239 e. The predicted octanol–water partition coefficient (Wildman–Crippen LogP) is -0.346. The van der Waals surface area contributed by atoms with Gasteiger partial charge in [-0.25, -0.2) is 8.42 Å². The van der Waals surface area contributed by atoms with Crippen LogP contribution in [0.2, 0.25) is 0 Å². The Morgan fingerprint density at radius 2 is 1.79 bits per heavy atom. The van der Waals surface area contributed by atoms with E-state index in [4.69, 9.17) is 0 Å². The van der Waals surface area contributed by atoms with E-state index in [1.165, 1.54) is 10.6 Å². The molecule has 2 aliphatic heterocycles. The second-order valence-corrected chi connectivity index (χ2v) is 6.97. The standard InChI is InChI=1S/C11H21N3O3S.ClH/c1-18(16,17)14-8-6-13(7-9-14)11(15)10-4-2-3-5-12-10;/h10,12H,2-9H2,1H3;1H/t10-;/m0./s1. The van der Waals surface area contributed by atoms with Crippen molar-refractivity contribution in [1.82, 2.24) is 14.5 Å². The molecule has 1 atom stereocenters. The van der Waals surface area contributed by atoms with Gasteiger partial charge in [-0.2, -0.15) is 4.31 Å². The molecule has 1 N–H and O–H groups in total. The maximum Gasteiger partial charge on any atom is 0.239 e. The van der Waals surface area contributed by atoms with Crippen LogP contribution in [-0.2, 0) is 14.8 Å². The van der Waals surface area contributed by atoms with Gasteiger partial charge in [-0.05, 0) is 19.4 Å². The van der Waals surface area contributed by atoms with Gasteiger partial charge in [-0.3, -0.25) is 4.79 Å². The highest BCUT2D eigenvalue weighted by Crippen LogP contribution is 2.12. The Balaban J connectivity index is 0.00000180. The maximum atomic E-state index is 12.2. The molecule has 2 heterocycles. The molecule has 0 aromatic carbocycles. The van der Waals surface area contributed by atoms with Gasteiger partial charge in [-0.15, -0.1) is 12.4 Å². The van der Waals surface area contributed by atoms with Gasteiger partial charge in [0.15, 0.2) is 0 Å². The van der Waals surface area contributed by atoms with Crippen LogP contribution in [0, 0.1) is 0 Å². The number of hydrogen-bond acceptors (Lipinski definition) is 4. The average molecular weight is 312 g/mol. The Hall–Kier alpha value is -0.370. The lowest BCUT2D eigenvalue weighted by atomic mass is 10.0. The fourth-order valence-electron chi connectivity index (χ4n) is 2.52. The van der Waals surface area contributed by atoms with Crippen LogP contribution in [0.25, 0.3) is 0 Å². The van der Waals surface area contributed by atoms with Crippen LogP contribution in [0.1, 0.15) is 19.3 Å². The van der Waals surface area contributed by atoms with Crippen molar-refractivity contribution < 1.29 is 13.2 Å². The normalized spacial score (nSPS) is 25.7. The number of sulfonamides is 1. The van der Waals surface area contributed by atoms with E-state index in [0.717, 1.165) is 25.8 Å². The van der Waals surface area contributed by atoms with Gasteiger partial charge >= 0.3 is 0 Å². The Morgan fingerprint density at radius 1 is 1.16 bits per heavy atom. The summed E-state index contributed by atoms with van der Waals surface area (Å²) in [6.45, 7) is 2.74. The summed E-state index contributed by atoms with van der Waals surface area (Å²) in [6.07, 6.45) is 4.33. The van der Waals surface area contributed by atoms with E-state index in [9.17, 15) is 13.2 Å². The number of carbonyl (C=O) groups is 1. The Bertz CT molecular complexity index is 401. The number of piperazine rings is 1. The zero-order valence-corrected chi connectivity index (χ0v) is 12.8. The Labute approximate surface area is 121 Å². The summed E-state index contributed by atoms with van der Waals surface area (Å²) in [5.41, 5.74) is 0. The van der Waals surface area contributed by atoms with Crippen molar-refractivity contribution >= 4 is 28.3 Å². The molecule has 0 unspecified atom stereocenters. The van der Waals surface area contributed by atoms with Crippen molar-refractivity contribution in [1.29, 1.82) is 0 Å². The lowest BCUT2D eigenvalue weighted by Gasteiger charge is -2.36. The zero-order valence-electron chi connectivity index (χ0n) is 11.2. The highest BCUT2D eigenvalue weighted by molar-refractivity contribution is 7.88. The van der Waals surface area contributed by atoms with Crippen LogP contribution in [0.3, 0.4) is 0 Å². The minimum absolute atomic E-state index is 0. The summed E-state index contributed by atoms with van der Waals surface area (Å²) < 4.78 is 24.2. The molecule has 0 bridgehead atoms. The monoisotopic (exact) mass is 311 g/mol. The summed E-state index contributed by atoms with van der Waals surface area (Å²) in [7, 11) is -3.12. The van der Waals surface area contributed by atoms with Crippen LogP contribution in [-0.4, -0.2) is 68.6 Å². The van der Waals surface area contributed by atoms with Gasteiger partial charge in [-0.1, -0.05) is 6.42 Å². The molecule has 19 heavy (non-hydrogen) atoms. The summed E-state index contributed by atoms with van der Waals surface area (Å²) in [6, 6.07) is -0.0662. The van der Waals surface area contributed by atoms with Gasteiger partial charge in [0.25, 0.3) is 0 Å². The fourth-order valence-corrected chi connectivity index (χ4v) is 3.35. The average Bonchev–Trinajstić information content (AvgIpc) is 2.38. The quantitative estimate of drug-likeness (QED) is 0.757. The van der Waals surface area contributed by atoms with Crippen LogP contribution >= 0.6 is 12.4 Å². The molecule has 0 aromatic rings. The Kier molecular flexibility index (Phi) is 6.04. The molecule has 0 radical (unpaired) electrons. The maximum absolute atomic E-state index is 12.2. The molecule has 0 spiro atoms. The molecule has 2 saturated heterocycles. The van der Waals surface area contributed by atoms with E-state index >= 15 is 0 Å². The van der Waals surface area contributed by atoms with Crippen LogP contribution in [0.5, 0.6) is 0 Å². The van der Waals surface area contributed by atoms with Crippen LogP contribution < -0.4 is 5.32 Å². The SMILES string of the molecule is CS(=O)(=O)N1CCN(C(=O)[C@@H]2CCCCN2)CC1.Cl. The third-order valence-corrected chi connectivity index (χ3v) is 4.93. The molecular formula is C11H22ClN3O3S. The number of hydrogen-bond donors (Lipinski definition) is 1. The first-order chi connectivity index (χ1) is 8.48. The first-order valence-corrected chi connectivity index (χ1v) is 8.30. The van der Waals surface area contributed by atoms with Crippen molar-refractivity contribution in [3.8, 4) is 0 Å². The lowest BCUT2D eigenvalue weighted by Crippen LogP contribution is -2.55. The molecule has 1 amide bonds. The topological polar surface area (TPSA) is 69.7 Å².